The molecule has 2 rings (SSSR count). The van der Waals surface area contributed by atoms with Crippen molar-refractivity contribution in [1.29, 1.82) is 0 Å². The predicted octanol–water partition coefficient (Wildman–Crippen LogP) is 2.78. The average Bonchev–Trinajstić information content (AvgIpc) is 3.06. The lowest BCUT2D eigenvalue weighted by Gasteiger charge is -2.11. The Bertz CT molecular complexity index is 467. The smallest absolute Gasteiger partial charge is 0.316 e. The summed E-state index contributed by atoms with van der Waals surface area (Å²) < 4.78 is 7.01. The van der Waals surface area contributed by atoms with E-state index in [1.54, 1.807) is 6.92 Å². The number of hydrogen-bond acceptors (Lipinski definition) is 5. The van der Waals surface area contributed by atoms with Gasteiger partial charge in [0.15, 0.2) is 5.16 Å². The van der Waals surface area contributed by atoms with Crippen LogP contribution < -0.4 is 0 Å². The Balaban J connectivity index is 2.07. The van der Waals surface area contributed by atoms with Gasteiger partial charge in [0.25, 0.3) is 0 Å². The van der Waals surface area contributed by atoms with Gasteiger partial charge in [-0.15, -0.1) is 16.8 Å². The number of hydrogen-bond donors (Lipinski definition) is 0. The number of aromatic nitrogens is 3. The minimum atomic E-state index is -0.215. The maximum absolute atomic E-state index is 11.4. The molecule has 0 aromatic carbocycles. The lowest BCUT2D eigenvalue weighted by atomic mass is 10.1. The highest BCUT2D eigenvalue weighted by Gasteiger charge is 2.24. The van der Waals surface area contributed by atoms with E-state index in [-0.39, 0.29) is 11.7 Å². The second kappa shape index (κ2) is 7.47. The maximum atomic E-state index is 11.4. The van der Waals surface area contributed by atoms with Gasteiger partial charge in [0.1, 0.15) is 5.82 Å². The summed E-state index contributed by atoms with van der Waals surface area (Å²) in [6.07, 6.45) is 6.72. The van der Waals surface area contributed by atoms with Gasteiger partial charge >= 0.3 is 5.97 Å². The van der Waals surface area contributed by atoms with Gasteiger partial charge in [0.2, 0.25) is 0 Å². The first-order chi connectivity index (χ1) is 9.76. The van der Waals surface area contributed by atoms with Gasteiger partial charge in [0.05, 0.1) is 12.4 Å². The second-order valence-corrected chi connectivity index (χ2v) is 5.76. The van der Waals surface area contributed by atoms with Crippen LogP contribution in [0.2, 0.25) is 0 Å². The molecule has 0 aliphatic heterocycles. The first-order valence-corrected chi connectivity index (χ1v) is 8.07. The minimum absolute atomic E-state index is 0.215. The van der Waals surface area contributed by atoms with Gasteiger partial charge in [-0.3, -0.25) is 4.79 Å². The molecule has 0 saturated heterocycles. The van der Waals surface area contributed by atoms with Crippen molar-refractivity contribution in [1.82, 2.24) is 14.8 Å². The summed E-state index contributed by atoms with van der Waals surface area (Å²) in [6, 6.07) is 0. The molecule has 0 bridgehead atoms. The summed E-state index contributed by atoms with van der Waals surface area (Å²) >= 11 is 1.38. The van der Waals surface area contributed by atoms with E-state index in [4.69, 9.17) is 4.74 Å². The molecule has 5 nitrogen and oxygen atoms in total. The standard InChI is InChI=1S/C14H21N3O2S/c1-3-9-17-13(11-7-5-6-8-11)15-16-14(17)20-10-12(18)19-4-2/h3,11H,1,4-10H2,2H3. The zero-order valence-electron chi connectivity index (χ0n) is 11.9. The SMILES string of the molecule is C=CCn1c(SCC(=O)OCC)nnc1C1CCCC1. The van der Waals surface area contributed by atoms with E-state index in [9.17, 15) is 4.79 Å². The number of allylic oxidation sites excluding steroid dienone is 1. The summed E-state index contributed by atoms with van der Waals surface area (Å²) in [6.45, 7) is 6.69. The fourth-order valence-electron chi connectivity index (χ4n) is 2.52. The molecule has 0 amide bonds. The number of carbonyl (C=O) groups is 1. The van der Waals surface area contributed by atoms with Crippen molar-refractivity contribution in [3.05, 3.63) is 18.5 Å². The van der Waals surface area contributed by atoms with Crippen LogP contribution in [0.4, 0.5) is 0 Å². The first-order valence-electron chi connectivity index (χ1n) is 7.08. The predicted molar refractivity (Wildman–Crippen MR) is 78.8 cm³/mol. The number of esters is 1. The van der Waals surface area contributed by atoms with E-state index in [0.29, 0.717) is 19.1 Å². The molecule has 1 aliphatic carbocycles. The molecule has 1 fully saturated rings. The van der Waals surface area contributed by atoms with Crippen LogP contribution in [-0.2, 0) is 16.1 Å². The van der Waals surface area contributed by atoms with Crippen molar-refractivity contribution in [2.75, 3.05) is 12.4 Å². The Morgan fingerprint density at radius 3 is 2.90 bits per heavy atom. The summed E-state index contributed by atoms with van der Waals surface area (Å²) in [5.74, 6) is 1.59. The van der Waals surface area contributed by atoms with Gasteiger partial charge in [-0.1, -0.05) is 30.7 Å². The third-order valence-electron chi connectivity index (χ3n) is 3.40. The highest BCUT2D eigenvalue weighted by molar-refractivity contribution is 7.99. The van der Waals surface area contributed by atoms with Crippen LogP contribution in [0.25, 0.3) is 0 Å². The van der Waals surface area contributed by atoms with Gasteiger partial charge in [-0.25, -0.2) is 0 Å². The normalized spacial score (nSPS) is 15.4. The van der Waals surface area contributed by atoms with Gasteiger partial charge < -0.3 is 9.30 Å². The Morgan fingerprint density at radius 2 is 2.25 bits per heavy atom. The Labute approximate surface area is 123 Å². The number of rotatable bonds is 7. The molecule has 1 aliphatic rings. The molecule has 0 atom stereocenters. The molecule has 110 valence electrons. The molecule has 1 heterocycles. The van der Waals surface area contributed by atoms with Gasteiger partial charge in [-0.2, -0.15) is 0 Å². The van der Waals surface area contributed by atoms with Crippen molar-refractivity contribution >= 4 is 17.7 Å². The number of nitrogens with zero attached hydrogens (tertiary/aromatic N) is 3. The largest absolute Gasteiger partial charge is 0.465 e. The third-order valence-corrected chi connectivity index (χ3v) is 4.34. The highest BCUT2D eigenvalue weighted by atomic mass is 32.2. The Morgan fingerprint density at radius 1 is 1.50 bits per heavy atom. The fraction of sp³-hybridized carbons (Fsp3) is 0.643. The molecule has 6 heteroatoms. The summed E-state index contributed by atoms with van der Waals surface area (Å²) in [7, 11) is 0. The van der Waals surface area contributed by atoms with Crippen molar-refractivity contribution < 1.29 is 9.53 Å². The zero-order chi connectivity index (χ0) is 14.4. The summed E-state index contributed by atoms with van der Waals surface area (Å²) in [5.41, 5.74) is 0. The van der Waals surface area contributed by atoms with E-state index in [2.05, 4.69) is 21.3 Å². The Kier molecular flexibility index (Phi) is 5.64. The van der Waals surface area contributed by atoms with Crippen LogP contribution in [0.5, 0.6) is 0 Å². The molecule has 1 aromatic heterocycles. The molecular weight excluding hydrogens is 274 g/mol. The van der Waals surface area contributed by atoms with Crippen molar-refractivity contribution in [3.63, 3.8) is 0 Å². The minimum Gasteiger partial charge on any atom is -0.465 e. The number of thioether (sulfide) groups is 1. The molecule has 1 aromatic rings. The molecular formula is C14H21N3O2S. The van der Waals surface area contributed by atoms with E-state index in [1.807, 2.05) is 6.08 Å². The number of carbonyl (C=O) groups excluding carboxylic acids is 1. The monoisotopic (exact) mass is 295 g/mol. The van der Waals surface area contributed by atoms with Crippen LogP contribution in [0, 0.1) is 0 Å². The fourth-order valence-corrected chi connectivity index (χ4v) is 3.27. The molecule has 0 radical (unpaired) electrons. The van der Waals surface area contributed by atoms with Crippen LogP contribution in [0.3, 0.4) is 0 Å². The van der Waals surface area contributed by atoms with Gasteiger partial charge in [0, 0.05) is 12.5 Å². The molecule has 0 spiro atoms. The van der Waals surface area contributed by atoms with Crippen molar-refractivity contribution in [2.24, 2.45) is 0 Å². The zero-order valence-corrected chi connectivity index (χ0v) is 12.7. The van der Waals surface area contributed by atoms with Crippen LogP contribution >= 0.6 is 11.8 Å². The first kappa shape index (κ1) is 15.1. The van der Waals surface area contributed by atoms with E-state index in [0.717, 1.165) is 11.0 Å². The van der Waals surface area contributed by atoms with Crippen LogP contribution in [0.15, 0.2) is 17.8 Å². The molecule has 1 saturated carbocycles. The van der Waals surface area contributed by atoms with E-state index < -0.39 is 0 Å². The topological polar surface area (TPSA) is 57.0 Å². The van der Waals surface area contributed by atoms with Crippen LogP contribution in [-0.4, -0.2) is 33.1 Å². The van der Waals surface area contributed by atoms with Gasteiger partial charge in [-0.05, 0) is 19.8 Å². The van der Waals surface area contributed by atoms with Crippen molar-refractivity contribution in [2.45, 2.75) is 50.2 Å². The lowest BCUT2D eigenvalue weighted by molar-refractivity contribution is -0.139. The average molecular weight is 295 g/mol. The molecule has 0 unspecified atom stereocenters. The molecule has 20 heavy (non-hydrogen) atoms. The lowest BCUT2D eigenvalue weighted by Crippen LogP contribution is -2.10. The summed E-state index contributed by atoms with van der Waals surface area (Å²) in [4.78, 5) is 11.4. The number of ether oxygens (including phenoxy) is 1. The van der Waals surface area contributed by atoms with E-state index >= 15 is 0 Å². The quantitative estimate of drug-likeness (QED) is 0.440. The third kappa shape index (κ3) is 3.62. The Hall–Kier alpha value is -1.30. The second-order valence-electron chi connectivity index (χ2n) is 4.82. The van der Waals surface area contributed by atoms with Crippen molar-refractivity contribution in [3.8, 4) is 0 Å². The summed E-state index contributed by atoms with van der Waals surface area (Å²) in [5, 5.41) is 9.34. The van der Waals surface area contributed by atoms with E-state index in [1.165, 1.54) is 37.4 Å². The highest BCUT2D eigenvalue weighted by Crippen LogP contribution is 2.34. The maximum Gasteiger partial charge on any atom is 0.316 e. The van der Waals surface area contributed by atoms with Crippen LogP contribution in [0.1, 0.15) is 44.3 Å². The molecule has 0 N–H and O–H groups in total.